The molecule has 1 amide bonds. The molecule has 2 aromatic rings. The van der Waals surface area contributed by atoms with E-state index in [9.17, 15) is 9.59 Å². The van der Waals surface area contributed by atoms with Crippen LogP contribution in [0, 0.1) is 11.8 Å². The summed E-state index contributed by atoms with van der Waals surface area (Å²) >= 11 is 1.18. The average Bonchev–Trinajstić information content (AvgIpc) is 2.84. The molecule has 2 aromatic heterocycles. The lowest BCUT2D eigenvalue weighted by atomic mass is 10.3. The molecule has 3 N–H and O–H groups in total. The van der Waals surface area contributed by atoms with Crippen LogP contribution in [0.15, 0.2) is 29.2 Å². The molecule has 2 heterocycles. The van der Waals surface area contributed by atoms with Gasteiger partial charge in [-0.25, -0.2) is 4.98 Å². The second kappa shape index (κ2) is 5.95. The molecule has 0 radical (unpaired) electrons. The third-order valence-corrected chi connectivity index (χ3v) is 2.86. The molecule has 0 bridgehead atoms. The van der Waals surface area contributed by atoms with E-state index in [1.165, 1.54) is 35.7 Å². The highest BCUT2D eigenvalue weighted by atomic mass is 32.1. The molecule has 6 nitrogen and oxygen atoms in total. The highest BCUT2D eigenvalue weighted by Gasteiger charge is 2.09. The van der Waals surface area contributed by atoms with Gasteiger partial charge in [-0.2, -0.15) is 0 Å². The van der Waals surface area contributed by atoms with E-state index >= 15 is 0 Å². The Morgan fingerprint density at radius 2 is 2.37 bits per heavy atom. The summed E-state index contributed by atoms with van der Waals surface area (Å²) in [6.07, 6.45) is 1.50. The fourth-order valence-corrected chi connectivity index (χ4v) is 1.95. The van der Waals surface area contributed by atoms with Crippen molar-refractivity contribution in [2.24, 2.45) is 0 Å². The molecule has 7 heteroatoms. The lowest BCUT2D eigenvalue weighted by Crippen LogP contribution is -2.17. The van der Waals surface area contributed by atoms with Gasteiger partial charge in [0, 0.05) is 6.07 Å². The molecule has 0 saturated carbocycles. The average molecular weight is 275 g/mol. The summed E-state index contributed by atoms with van der Waals surface area (Å²) in [5, 5.41) is 11.5. The molecule has 0 saturated heterocycles. The van der Waals surface area contributed by atoms with Crippen molar-refractivity contribution in [2.45, 2.75) is 0 Å². The lowest BCUT2D eigenvalue weighted by Gasteiger charge is -2.00. The fourth-order valence-electron chi connectivity index (χ4n) is 1.26. The summed E-state index contributed by atoms with van der Waals surface area (Å²) in [5.41, 5.74) is -0.188. The summed E-state index contributed by atoms with van der Waals surface area (Å²) in [7, 11) is 0. The van der Waals surface area contributed by atoms with Crippen LogP contribution in [0.3, 0.4) is 0 Å². The summed E-state index contributed by atoms with van der Waals surface area (Å²) in [5.74, 6) is 4.72. The molecule has 19 heavy (non-hydrogen) atoms. The van der Waals surface area contributed by atoms with Gasteiger partial charge in [-0.1, -0.05) is 29.2 Å². The van der Waals surface area contributed by atoms with Crippen LogP contribution in [0.2, 0.25) is 0 Å². The molecule has 0 aliphatic rings. The second-order valence-electron chi connectivity index (χ2n) is 3.37. The number of nitrogens with one attached hydrogen (secondary N) is 2. The predicted octanol–water partition coefficient (Wildman–Crippen LogP) is 0.427. The maximum atomic E-state index is 11.8. The maximum absolute atomic E-state index is 11.8. The minimum absolute atomic E-state index is 0.158. The molecule has 0 fully saturated rings. The molecule has 0 atom stereocenters. The van der Waals surface area contributed by atoms with Gasteiger partial charge in [0.05, 0.1) is 11.1 Å². The number of aromatic amines is 1. The van der Waals surface area contributed by atoms with E-state index in [4.69, 9.17) is 5.11 Å². The van der Waals surface area contributed by atoms with Crippen molar-refractivity contribution >= 4 is 22.4 Å². The monoisotopic (exact) mass is 275 g/mol. The normalized spacial score (nSPS) is 9.53. The van der Waals surface area contributed by atoms with Gasteiger partial charge in [0.15, 0.2) is 5.13 Å². The van der Waals surface area contributed by atoms with Crippen LogP contribution in [0.1, 0.15) is 15.4 Å². The number of anilines is 1. The number of aliphatic hydroxyl groups excluding tert-OH is 1. The van der Waals surface area contributed by atoms with E-state index in [1.54, 1.807) is 0 Å². The maximum Gasteiger partial charge on any atom is 0.273 e. The van der Waals surface area contributed by atoms with Gasteiger partial charge in [-0.3, -0.25) is 14.9 Å². The Labute approximate surface area is 112 Å². The van der Waals surface area contributed by atoms with Crippen LogP contribution in [0.4, 0.5) is 5.13 Å². The first-order valence-electron chi connectivity index (χ1n) is 5.25. The van der Waals surface area contributed by atoms with Crippen molar-refractivity contribution in [2.75, 3.05) is 11.9 Å². The Balaban J connectivity index is 2.11. The van der Waals surface area contributed by atoms with Crippen molar-refractivity contribution in [3.63, 3.8) is 0 Å². The van der Waals surface area contributed by atoms with Gasteiger partial charge >= 0.3 is 0 Å². The molecular weight excluding hydrogens is 266 g/mol. The van der Waals surface area contributed by atoms with Gasteiger partial charge < -0.3 is 10.1 Å². The van der Waals surface area contributed by atoms with E-state index in [1.807, 2.05) is 0 Å². The Hall–Kier alpha value is -2.43. The third kappa shape index (κ3) is 3.51. The number of carbonyl (C=O) groups is 1. The molecule has 0 spiro atoms. The van der Waals surface area contributed by atoms with E-state index in [0.717, 1.165) is 0 Å². The number of thiazole rings is 1. The van der Waals surface area contributed by atoms with E-state index < -0.39 is 5.91 Å². The number of pyridine rings is 1. The van der Waals surface area contributed by atoms with Crippen LogP contribution in [0.5, 0.6) is 0 Å². The summed E-state index contributed by atoms with van der Waals surface area (Å²) in [6.45, 7) is -0.231. The van der Waals surface area contributed by atoms with Crippen molar-refractivity contribution in [1.82, 2.24) is 9.97 Å². The fraction of sp³-hybridized carbons (Fsp3) is 0.0833. The van der Waals surface area contributed by atoms with Gasteiger partial charge in [0.25, 0.3) is 5.91 Å². The number of aliphatic hydroxyl groups is 1. The van der Waals surface area contributed by atoms with E-state index in [2.05, 4.69) is 27.1 Å². The molecule has 2 rings (SSSR count). The molecule has 0 aliphatic carbocycles. The van der Waals surface area contributed by atoms with Gasteiger partial charge in [0.1, 0.15) is 12.3 Å². The highest BCUT2D eigenvalue weighted by Crippen LogP contribution is 2.17. The highest BCUT2D eigenvalue weighted by molar-refractivity contribution is 7.16. The number of rotatable bonds is 2. The second-order valence-corrected chi connectivity index (χ2v) is 4.40. The number of amides is 1. The summed E-state index contributed by atoms with van der Waals surface area (Å²) < 4.78 is 0. The number of aromatic nitrogens is 2. The number of carbonyl (C=O) groups excluding carboxylic acids is 1. The number of hydrogen-bond donors (Lipinski definition) is 3. The van der Waals surface area contributed by atoms with Crippen LogP contribution in [0.25, 0.3) is 0 Å². The van der Waals surface area contributed by atoms with Gasteiger partial charge in [-0.05, 0) is 6.07 Å². The molecule has 0 aliphatic heterocycles. The zero-order chi connectivity index (χ0) is 13.7. The van der Waals surface area contributed by atoms with Gasteiger partial charge in [0.2, 0.25) is 5.56 Å². The van der Waals surface area contributed by atoms with Crippen molar-refractivity contribution in [3.8, 4) is 11.8 Å². The Bertz CT molecular complexity index is 708. The standard InChI is InChI=1S/C12H9N3O3S/c16-6-2-3-8-7-13-12(19-8)15-11(18)9-4-1-5-10(17)14-9/h1,4-5,7,16H,6H2,(H,14,17)(H,13,15,18). The SMILES string of the molecule is O=C(Nc1ncc(C#CCO)s1)c1cccc(=O)[nH]1. The lowest BCUT2D eigenvalue weighted by molar-refractivity contribution is 0.102. The Morgan fingerprint density at radius 1 is 1.53 bits per heavy atom. The predicted molar refractivity (Wildman–Crippen MR) is 71.1 cm³/mol. The van der Waals surface area contributed by atoms with E-state index in [0.29, 0.717) is 10.0 Å². The first-order valence-corrected chi connectivity index (χ1v) is 6.07. The zero-order valence-electron chi connectivity index (χ0n) is 9.64. The zero-order valence-corrected chi connectivity index (χ0v) is 10.5. The topological polar surface area (TPSA) is 95.1 Å². The quantitative estimate of drug-likeness (QED) is 0.692. The molecule has 96 valence electrons. The van der Waals surface area contributed by atoms with Crippen LogP contribution in [-0.2, 0) is 0 Å². The minimum atomic E-state index is -0.450. The van der Waals surface area contributed by atoms with E-state index in [-0.39, 0.29) is 17.9 Å². The van der Waals surface area contributed by atoms with Crippen LogP contribution < -0.4 is 10.9 Å². The molecule has 0 unspecified atom stereocenters. The molecular formula is C12H9N3O3S. The number of nitrogens with zero attached hydrogens (tertiary/aromatic N) is 1. The molecule has 0 aromatic carbocycles. The van der Waals surface area contributed by atoms with Gasteiger partial charge in [-0.15, -0.1) is 0 Å². The Morgan fingerprint density at radius 3 is 3.11 bits per heavy atom. The smallest absolute Gasteiger partial charge is 0.273 e. The summed E-state index contributed by atoms with van der Waals surface area (Å²) in [6, 6.07) is 4.31. The summed E-state index contributed by atoms with van der Waals surface area (Å²) in [4.78, 5) is 29.9. The van der Waals surface area contributed by atoms with Crippen LogP contribution in [-0.4, -0.2) is 27.6 Å². The minimum Gasteiger partial charge on any atom is -0.384 e. The Kier molecular flexibility index (Phi) is 4.07. The largest absolute Gasteiger partial charge is 0.384 e. The van der Waals surface area contributed by atoms with Crippen molar-refractivity contribution in [1.29, 1.82) is 0 Å². The van der Waals surface area contributed by atoms with Crippen LogP contribution >= 0.6 is 11.3 Å². The third-order valence-electron chi connectivity index (χ3n) is 2.03. The van der Waals surface area contributed by atoms with Crippen molar-refractivity contribution < 1.29 is 9.90 Å². The number of hydrogen-bond acceptors (Lipinski definition) is 5. The first kappa shape index (κ1) is 13.0. The van der Waals surface area contributed by atoms with Crippen molar-refractivity contribution in [3.05, 3.63) is 45.3 Å². The number of H-pyrrole nitrogens is 1. The first-order chi connectivity index (χ1) is 9.19.